The van der Waals surface area contributed by atoms with Crippen molar-refractivity contribution in [3.8, 4) is 0 Å². The lowest BCUT2D eigenvalue weighted by molar-refractivity contribution is -0.0866. The van der Waals surface area contributed by atoms with Gasteiger partial charge in [-0.3, -0.25) is 4.79 Å². The van der Waals surface area contributed by atoms with E-state index in [9.17, 15) is 4.79 Å². The summed E-state index contributed by atoms with van der Waals surface area (Å²) in [5.41, 5.74) is 1.93. The minimum atomic E-state index is -0.166. The highest BCUT2D eigenvalue weighted by Gasteiger charge is 2.40. The molecule has 3 aliphatic rings. The second-order valence-electron chi connectivity index (χ2n) is 7.45. The molecule has 2 N–H and O–H groups in total. The van der Waals surface area contributed by atoms with Crippen LogP contribution in [-0.2, 0) is 11.2 Å². The average molecular weight is 402 g/mol. The third-order valence-electron chi connectivity index (χ3n) is 5.60. The van der Waals surface area contributed by atoms with Gasteiger partial charge >= 0.3 is 0 Å². The zero-order valence-corrected chi connectivity index (χ0v) is 16.7. The molecule has 3 fully saturated rings. The molecule has 0 aromatic heterocycles. The first-order chi connectivity index (χ1) is 11.7. The van der Waals surface area contributed by atoms with Crippen LogP contribution in [0.2, 0.25) is 0 Å². The summed E-state index contributed by atoms with van der Waals surface area (Å²) in [6.45, 7) is 6.08. The zero-order chi connectivity index (χ0) is 16.4. The number of rotatable bonds is 3. The van der Waals surface area contributed by atoms with E-state index >= 15 is 0 Å². The third-order valence-corrected chi connectivity index (χ3v) is 5.60. The number of hydrogen-bond acceptors (Lipinski definition) is 4. The first-order valence-electron chi connectivity index (χ1n) is 9.18. The van der Waals surface area contributed by atoms with E-state index in [0.29, 0.717) is 25.6 Å². The van der Waals surface area contributed by atoms with Crippen molar-refractivity contribution in [1.29, 1.82) is 0 Å². The molecule has 3 heterocycles. The van der Waals surface area contributed by atoms with Crippen LogP contribution in [-0.4, -0.2) is 62.3 Å². The fraction of sp³-hybridized carbons (Fsp3) is 0.632. The smallest absolute Gasteiger partial charge is 0.254 e. The molecule has 146 valence electrons. The molecule has 1 spiro atoms. The highest BCUT2D eigenvalue weighted by Crippen LogP contribution is 2.26. The summed E-state index contributed by atoms with van der Waals surface area (Å²) >= 11 is 0. The van der Waals surface area contributed by atoms with Gasteiger partial charge in [0.2, 0.25) is 0 Å². The standard InChI is InChI=1S/C19H27N3O2.2ClH/c23-18(22-8-9-24-19(14-22)5-7-21-13-19)17-3-1-2-15(11-17)10-16-4-6-20-12-16;;/h1-3,11,16,20-21H,4-10,12-14H2;2*1H. The predicted octanol–water partition coefficient (Wildman–Crippen LogP) is 1.89. The SMILES string of the molecule is Cl.Cl.O=C(c1cccc(CC2CCNC2)c1)N1CCOC2(CCNC2)C1. The summed E-state index contributed by atoms with van der Waals surface area (Å²) in [4.78, 5) is 14.9. The van der Waals surface area contributed by atoms with Gasteiger partial charge in [0, 0.05) is 18.7 Å². The van der Waals surface area contributed by atoms with E-state index in [1.54, 1.807) is 0 Å². The zero-order valence-electron chi connectivity index (χ0n) is 15.0. The molecule has 5 nitrogen and oxygen atoms in total. The van der Waals surface area contributed by atoms with Crippen LogP contribution in [0.5, 0.6) is 0 Å². The summed E-state index contributed by atoms with van der Waals surface area (Å²) in [6, 6.07) is 8.22. The lowest BCUT2D eigenvalue weighted by Gasteiger charge is -2.40. The summed E-state index contributed by atoms with van der Waals surface area (Å²) in [5, 5.41) is 6.78. The molecular weight excluding hydrogens is 373 g/mol. The molecule has 1 aromatic rings. The average Bonchev–Trinajstić information content (AvgIpc) is 3.27. The Bertz CT molecular complexity index is 602. The van der Waals surface area contributed by atoms with Gasteiger partial charge in [0.25, 0.3) is 5.91 Å². The van der Waals surface area contributed by atoms with E-state index in [1.807, 2.05) is 17.0 Å². The highest BCUT2D eigenvalue weighted by molar-refractivity contribution is 5.94. The van der Waals surface area contributed by atoms with Gasteiger partial charge in [0.1, 0.15) is 0 Å². The molecule has 3 saturated heterocycles. The minimum absolute atomic E-state index is 0. The fourth-order valence-corrected chi connectivity index (χ4v) is 4.23. The van der Waals surface area contributed by atoms with Crippen molar-refractivity contribution < 1.29 is 9.53 Å². The van der Waals surface area contributed by atoms with Gasteiger partial charge in [-0.05, 0) is 62.5 Å². The van der Waals surface area contributed by atoms with Crippen LogP contribution in [0.25, 0.3) is 0 Å². The number of halogens is 2. The number of nitrogens with zero attached hydrogens (tertiary/aromatic N) is 1. The lowest BCUT2D eigenvalue weighted by atomic mass is 9.96. The summed E-state index contributed by atoms with van der Waals surface area (Å²) in [6.07, 6.45) is 3.29. The molecule has 1 amide bonds. The molecule has 3 aliphatic heterocycles. The molecule has 4 rings (SSSR count). The number of nitrogens with one attached hydrogen (secondary N) is 2. The number of carbonyl (C=O) groups is 1. The van der Waals surface area contributed by atoms with Gasteiger partial charge in [0.05, 0.1) is 18.8 Å². The maximum Gasteiger partial charge on any atom is 0.254 e. The van der Waals surface area contributed by atoms with Gasteiger partial charge in [-0.25, -0.2) is 0 Å². The largest absolute Gasteiger partial charge is 0.370 e. The summed E-state index contributed by atoms with van der Waals surface area (Å²) in [7, 11) is 0. The van der Waals surface area contributed by atoms with Crippen LogP contribution in [0.15, 0.2) is 24.3 Å². The van der Waals surface area contributed by atoms with Crippen molar-refractivity contribution in [2.45, 2.75) is 24.9 Å². The van der Waals surface area contributed by atoms with Crippen molar-refractivity contribution in [3.05, 3.63) is 35.4 Å². The molecule has 0 radical (unpaired) electrons. The quantitative estimate of drug-likeness (QED) is 0.811. The van der Waals surface area contributed by atoms with Crippen molar-refractivity contribution >= 4 is 30.7 Å². The Balaban J connectivity index is 0.00000121. The van der Waals surface area contributed by atoms with E-state index in [-0.39, 0.29) is 36.3 Å². The fourth-order valence-electron chi connectivity index (χ4n) is 4.23. The minimum Gasteiger partial charge on any atom is -0.370 e. The van der Waals surface area contributed by atoms with E-state index in [0.717, 1.165) is 44.6 Å². The third kappa shape index (κ3) is 4.70. The first-order valence-corrected chi connectivity index (χ1v) is 9.18. The van der Waals surface area contributed by atoms with Crippen molar-refractivity contribution in [3.63, 3.8) is 0 Å². The van der Waals surface area contributed by atoms with E-state index in [2.05, 4.69) is 22.8 Å². The lowest BCUT2D eigenvalue weighted by Crippen LogP contribution is -2.54. The molecule has 2 atom stereocenters. The number of carbonyl (C=O) groups excluding carboxylic acids is 1. The van der Waals surface area contributed by atoms with Crippen LogP contribution >= 0.6 is 24.8 Å². The summed E-state index contributed by atoms with van der Waals surface area (Å²) in [5.74, 6) is 0.850. The molecule has 0 bridgehead atoms. The molecule has 2 unspecified atom stereocenters. The molecule has 1 aromatic carbocycles. The molecule has 7 heteroatoms. The Morgan fingerprint density at radius 3 is 2.88 bits per heavy atom. The first kappa shape index (κ1) is 21.5. The maximum absolute atomic E-state index is 13.0. The number of amides is 1. The Morgan fingerprint density at radius 1 is 1.27 bits per heavy atom. The van der Waals surface area contributed by atoms with Gasteiger partial charge in [-0.15, -0.1) is 24.8 Å². The Hall–Kier alpha value is -0.850. The Kier molecular flexibility index (Phi) is 7.74. The van der Waals surface area contributed by atoms with E-state index < -0.39 is 0 Å². The van der Waals surface area contributed by atoms with Gasteiger partial charge < -0.3 is 20.3 Å². The molecule has 0 aliphatic carbocycles. The second kappa shape index (κ2) is 9.38. The topological polar surface area (TPSA) is 53.6 Å². The van der Waals surface area contributed by atoms with Gasteiger partial charge in [0.15, 0.2) is 0 Å². The van der Waals surface area contributed by atoms with Gasteiger partial charge in [-0.2, -0.15) is 0 Å². The van der Waals surface area contributed by atoms with Crippen LogP contribution < -0.4 is 10.6 Å². The van der Waals surface area contributed by atoms with Crippen LogP contribution in [0.4, 0.5) is 0 Å². The Labute approximate surface area is 168 Å². The Morgan fingerprint density at radius 2 is 2.15 bits per heavy atom. The number of ether oxygens (including phenoxy) is 1. The van der Waals surface area contributed by atoms with E-state index in [4.69, 9.17) is 4.74 Å². The van der Waals surface area contributed by atoms with E-state index in [1.165, 1.54) is 12.0 Å². The van der Waals surface area contributed by atoms with Crippen LogP contribution in [0.3, 0.4) is 0 Å². The van der Waals surface area contributed by atoms with Gasteiger partial charge in [-0.1, -0.05) is 12.1 Å². The number of hydrogen-bond donors (Lipinski definition) is 2. The molecule has 0 saturated carbocycles. The van der Waals surface area contributed by atoms with Crippen LogP contribution in [0.1, 0.15) is 28.8 Å². The van der Waals surface area contributed by atoms with Crippen LogP contribution in [0, 0.1) is 5.92 Å². The normalized spacial score (nSPS) is 27.8. The highest BCUT2D eigenvalue weighted by atomic mass is 35.5. The number of morpholine rings is 1. The van der Waals surface area contributed by atoms with Crippen molar-refractivity contribution in [2.24, 2.45) is 5.92 Å². The maximum atomic E-state index is 13.0. The monoisotopic (exact) mass is 401 g/mol. The van der Waals surface area contributed by atoms with Crippen molar-refractivity contribution in [2.75, 3.05) is 45.9 Å². The second-order valence-corrected chi connectivity index (χ2v) is 7.45. The summed E-state index contributed by atoms with van der Waals surface area (Å²) < 4.78 is 5.99. The molecular formula is C19H29Cl2N3O2. The number of benzene rings is 1. The van der Waals surface area contributed by atoms with Crippen molar-refractivity contribution in [1.82, 2.24) is 15.5 Å². The molecule has 26 heavy (non-hydrogen) atoms. The predicted molar refractivity (Wildman–Crippen MR) is 108 cm³/mol.